The molecule has 0 aliphatic heterocycles. The van der Waals surface area contributed by atoms with Gasteiger partial charge in [0.05, 0.1) is 7.11 Å². The Morgan fingerprint density at radius 3 is 2.40 bits per heavy atom. The average Bonchev–Trinajstić information content (AvgIpc) is 2.19. The number of aryl methyl sites for hydroxylation is 3. The number of methoxy groups -OCH3 is 1. The Kier molecular flexibility index (Phi) is 4.15. The van der Waals surface area contributed by atoms with Crippen LogP contribution in [0.25, 0.3) is 0 Å². The summed E-state index contributed by atoms with van der Waals surface area (Å²) in [5, 5.41) is 0. The number of ether oxygens (including phenoxy) is 1. The van der Waals surface area contributed by atoms with E-state index in [2.05, 4.69) is 26.0 Å². The molecule has 0 aromatic heterocycles. The molecular formula is C13H21NO. The fourth-order valence-corrected chi connectivity index (χ4v) is 1.62. The van der Waals surface area contributed by atoms with Crippen LogP contribution in [0, 0.1) is 13.8 Å². The van der Waals surface area contributed by atoms with Crippen molar-refractivity contribution in [3.8, 4) is 5.75 Å². The smallest absolute Gasteiger partial charge is 0.122 e. The van der Waals surface area contributed by atoms with Crippen molar-refractivity contribution in [2.75, 3.05) is 7.11 Å². The van der Waals surface area contributed by atoms with Crippen LogP contribution in [0.3, 0.4) is 0 Å². The Morgan fingerprint density at radius 2 is 1.87 bits per heavy atom. The zero-order valence-corrected chi connectivity index (χ0v) is 10.1. The number of hydrogen-bond donors (Lipinski definition) is 1. The first-order valence-corrected chi connectivity index (χ1v) is 5.44. The Bertz CT molecular complexity index is 332. The van der Waals surface area contributed by atoms with E-state index in [0.29, 0.717) is 0 Å². The van der Waals surface area contributed by atoms with E-state index in [1.165, 1.54) is 16.7 Å². The molecule has 84 valence electrons. The molecule has 0 unspecified atom stereocenters. The third-order valence-corrected chi connectivity index (χ3v) is 2.77. The monoisotopic (exact) mass is 207 g/mol. The molecule has 0 aliphatic carbocycles. The van der Waals surface area contributed by atoms with Gasteiger partial charge in [0, 0.05) is 6.04 Å². The van der Waals surface area contributed by atoms with Gasteiger partial charge in [-0.3, -0.25) is 0 Å². The predicted molar refractivity (Wildman–Crippen MR) is 64.4 cm³/mol. The molecule has 0 saturated heterocycles. The van der Waals surface area contributed by atoms with Crippen LogP contribution in [0.15, 0.2) is 12.1 Å². The van der Waals surface area contributed by atoms with Crippen LogP contribution in [0.5, 0.6) is 5.75 Å². The van der Waals surface area contributed by atoms with Crippen molar-refractivity contribution in [3.05, 3.63) is 28.8 Å². The van der Waals surface area contributed by atoms with Crippen molar-refractivity contribution >= 4 is 0 Å². The highest BCUT2D eigenvalue weighted by Gasteiger charge is 2.06. The van der Waals surface area contributed by atoms with E-state index in [9.17, 15) is 0 Å². The molecule has 1 atom stereocenters. The summed E-state index contributed by atoms with van der Waals surface area (Å²) in [5.74, 6) is 0.985. The van der Waals surface area contributed by atoms with Gasteiger partial charge in [0.25, 0.3) is 0 Å². The topological polar surface area (TPSA) is 35.2 Å². The van der Waals surface area contributed by atoms with Crippen LogP contribution in [0.2, 0.25) is 0 Å². The fourth-order valence-electron chi connectivity index (χ4n) is 1.62. The second kappa shape index (κ2) is 5.17. The predicted octanol–water partition coefficient (Wildman–Crippen LogP) is 2.59. The highest BCUT2D eigenvalue weighted by Crippen LogP contribution is 2.24. The quantitative estimate of drug-likeness (QED) is 0.823. The van der Waals surface area contributed by atoms with Crippen molar-refractivity contribution in [3.63, 3.8) is 0 Å². The van der Waals surface area contributed by atoms with Gasteiger partial charge in [-0.25, -0.2) is 0 Å². The van der Waals surface area contributed by atoms with E-state index in [-0.39, 0.29) is 6.04 Å². The first kappa shape index (κ1) is 12.1. The lowest BCUT2D eigenvalue weighted by Gasteiger charge is -2.12. The summed E-state index contributed by atoms with van der Waals surface area (Å²) in [6.45, 7) is 6.27. The van der Waals surface area contributed by atoms with E-state index in [0.717, 1.165) is 18.6 Å². The second-order valence-corrected chi connectivity index (χ2v) is 4.26. The van der Waals surface area contributed by atoms with Gasteiger partial charge in [0.2, 0.25) is 0 Å². The summed E-state index contributed by atoms with van der Waals surface area (Å²) >= 11 is 0. The number of nitrogens with two attached hydrogens (primary N) is 1. The molecule has 0 saturated carbocycles. The Morgan fingerprint density at radius 1 is 1.27 bits per heavy atom. The molecule has 1 aromatic carbocycles. The SMILES string of the molecule is COc1cc(C)c(C)cc1CC[C@@H](C)N. The summed E-state index contributed by atoms with van der Waals surface area (Å²) in [4.78, 5) is 0. The molecule has 1 aromatic rings. The van der Waals surface area contributed by atoms with Crippen LogP contribution in [0.4, 0.5) is 0 Å². The van der Waals surface area contributed by atoms with Gasteiger partial charge in [-0.2, -0.15) is 0 Å². The zero-order valence-electron chi connectivity index (χ0n) is 10.1. The molecule has 2 heteroatoms. The van der Waals surface area contributed by atoms with Crippen molar-refractivity contribution in [2.45, 2.75) is 39.7 Å². The van der Waals surface area contributed by atoms with Crippen molar-refractivity contribution in [1.82, 2.24) is 0 Å². The van der Waals surface area contributed by atoms with E-state index < -0.39 is 0 Å². The van der Waals surface area contributed by atoms with Gasteiger partial charge in [-0.15, -0.1) is 0 Å². The van der Waals surface area contributed by atoms with E-state index in [1.807, 2.05) is 6.92 Å². The normalized spacial score (nSPS) is 12.6. The largest absolute Gasteiger partial charge is 0.496 e. The van der Waals surface area contributed by atoms with Gasteiger partial charge in [0.1, 0.15) is 5.75 Å². The van der Waals surface area contributed by atoms with Crippen LogP contribution < -0.4 is 10.5 Å². The molecule has 0 aliphatic rings. The molecular weight excluding hydrogens is 186 g/mol. The standard InChI is InChI=1S/C13H21NO/c1-9-7-12(6-5-11(3)14)13(15-4)8-10(9)2/h7-8,11H,5-6,14H2,1-4H3/t11-/m1/s1. The summed E-state index contributed by atoms with van der Waals surface area (Å²) in [6.07, 6.45) is 1.99. The van der Waals surface area contributed by atoms with Crippen molar-refractivity contribution in [2.24, 2.45) is 5.73 Å². The molecule has 2 N–H and O–H groups in total. The summed E-state index contributed by atoms with van der Waals surface area (Å²) < 4.78 is 5.37. The molecule has 0 spiro atoms. The maximum Gasteiger partial charge on any atom is 0.122 e. The Labute approximate surface area is 92.4 Å². The molecule has 0 radical (unpaired) electrons. The molecule has 0 fully saturated rings. The minimum Gasteiger partial charge on any atom is -0.496 e. The molecule has 0 bridgehead atoms. The summed E-state index contributed by atoms with van der Waals surface area (Å²) in [5.41, 5.74) is 9.61. The lowest BCUT2D eigenvalue weighted by atomic mass is 10.0. The van der Waals surface area contributed by atoms with Crippen molar-refractivity contribution in [1.29, 1.82) is 0 Å². The number of hydrogen-bond acceptors (Lipinski definition) is 2. The minimum atomic E-state index is 0.247. The highest BCUT2D eigenvalue weighted by molar-refractivity contribution is 5.41. The summed E-state index contributed by atoms with van der Waals surface area (Å²) in [6, 6.07) is 4.55. The zero-order chi connectivity index (χ0) is 11.4. The van der Waals surface area contributed by atoms with Crippen LogP contribution in [0.1, 0.15) is 30.0 Å². The number of benzene rings is 1. The van der Waals surface area contributed by atoms with Gasteiger partial charge in [-0.05, 0) is 56.4 Å². The minimum absolute atomic E-state index is 0.247. The first-order valence-electron chi connectivity index (χ1n) is 5.44. The lowest BCUT2D eigenvalue weighted by Crippen LogP contribution is -2.15. The third kappa shape index (κ3) is 3.24. The lowest BCUT2D eigenvalue weighted by molar-refractivity contribution is 0.408. The first-order chi connectivity index (χ1) is 7.04. The molecule has 2 nitrogen and oxygen atoms in total. The number of rotatable bonds is 4. The Hall–Kier alpha value is -1.02. The molecule has 0 heterocycles. The maximum atomic E-state index is 5.76. The van der Waals surface area contributed by atoms with Crippen molar-refractivity contribution < 1.29 is 4.74 Å². The highest BCUT2D eigenvalue weighted by atomic mass is 16.5. The van der Waals surface area contributed by atoms with Gasteiger partial charge in [0.15, 0.2) is 0 Å². The maximum absolute atomic E-state index is 5.76. The van der Waals surface area contributed by atoms with Crippen LogP contribution in [-0.2, 0) is 6.42 Å². The van der Waals surface area contributed by atoms with E-state index >= 15 is 0 Å². The van der Waals surface area contributed by atoms with Crippen LogP contribution in [-0.4, -0.2) is 13.2 Å². The van der Waals surface area contributed by atoms with Gasteiger partial charge in [-0.1, -0.05) is 6.07 Å². The van der Waals surface area contributed by atoms with E-state index in [4.69, 9.17) is 10.5 Å². The molecule has 15 heavy (non-hydrogen) atoms. The van der Waals surface area contributed by atoms with E-state index in [1.54, 1.807) is 7.11 Å². The van der Waals surface area contributed by atoms with Crippen LogP contribution >= 0.6 is 0 Å². The Balaban J connectivity index is 2.89. The molecule has 1 rings (SSSR count). The second-order valence-electron chi connectivity index (χ2n) is 4.26. The molecule has 0 amide bonds. The van der Waals surface area contributed by atoms with Gasteiger partial charge >= 0.3 is 0 Å². The van der Waals surface area contributed by atoms with Gasteiger partial charge < -0.3 is 10.5 Å². The third-order valence-electron chi connectivity index (χ3n) is 2.77. The fraction of sp³-hybridized carbons (Fsp3) is 0.538. The average molecular weight is 207 g/mol. The summed E-state index contributed by atoms with van der Waals surface area (Å²) in [7, 11) is 1.72.